The van der Waals surface area contributed by atoms with Gasteiger partial charge in [0.15, 0.2) is 5.78 Å². The summed E-state index contributed by atoms with van der Waals surface area (Å²) in [6, 6.07) is 6.90. The van der Waals surface area contributed by atoms with Crippen LogP contribution in [-0.4, -0.2) is 103 Å². The van der Waals surface area contributed by atoms with E-state index in [1.165, 1.54) is 19.3 Å². The van der Waals surface area contributed by atoms with Crippen molar-refractivity contribution in [1.29, 1.82) is 0 Å². The molecule has 1 aromatic carbocycles. The van der Waals surface area contributed by atoms with Gasteiger partial charge in [-0.15, -0.1) is 0 Å². The highest BCUT2D eigenvalue weighted by Crippen LogP contribution is 2.58. The summed E-state index contributed by atoms with van der Waals surface area (Å²) < 4.78 is 47.6. The number of piperidine rings is 1. The van der Waals surface area contributed by atoms with Gasteiger partial charge in [-0.05, 0) is 134 Å². The van der Waals surface area contributed by atoms with Crippen LogP contribution in [0.2, 0.25) is 0 Å². The molecular weight excluding hydrogens is 833 g/mol. The van der Waals surface area contributed by atoms with E-state index in [1.807, 2.05) is 42.5 Å². The molecule has 13 nitrogen and oxygen atoms in total. The van der Waals surface area contributed by atoms with Crippen LogP contribution in [0.25, 0.3) is 17.0 Å². The largest absolute Gasteiger partial charge is 0.492 e. The first-order chi connectivity index (χ1) is 30.9. The minimum absolute atomic E-state index is 0.0738. The summed E-state index contributed by atoms with van der Waals surface area (Å²) in [5.41, 5.74) is 0.162. The highest BCUT2D eigenvalue weighted by molar-refractivity contribution is 7.91. The third kappa shape index (κ3) is 9.93. The van der Waals surface area contributed by atoms with Crippen LogP contribution in [0.15, 0.2) is 42.5 Å². The van der Waals surface area contributed by atoms with E-state index in [-0.39, 0.29) is 55.4 Å². The van der Waals surface area contributed by atoms with Crippen molar-refractivity contribution < 1.29 is 41.8 Å². The number of benzene rings is 1. The Hall–Kier alpha value is -4.30. The van der Waals surface area contributed by atoms with Crippen molar-refractivity contribution in [2.45, 2.75) is 152 Å². The first kappa shape index (κ1) is 44.9. The zero-order chi connectivity index (χ0) is 44.5. The topological polar surface area (TPSA) is 162 Å². The molecule has 9 rings (SSSR count). The fourth-order valence-electron chi connectivity index (χ4n) is 10.6. The molecule has 1 N–H and O–H groups in total. The number of esters is 1. The van der Waals surface area contributed by atoms with E-state index in [2.05, 4.69) is 15.7 Å². The molecule has 0 radical (unpaired) electrons. The number of rotatable bonds is 8. The van der Waals surface area contributed by atoms with Gasteiger partial charge in [-0.3, -0.25) is 23.9 Å². The van der Waals surface area contributed by atoms with E-state index in [4.69, 9.17) is 19.2 Å². The van der Waals surface area contributed by atoms with E-state index in [9.17, 15) is 27.6 Å². The Kier molecular flexibility index (Phi) is 13.3. The van der Waals surface area contributed by atoms with Gasteiger partial charge in [-0.25, -0.2) is 13.4 Å². The predicted molar refractivity (Wildman–Crippen MR) is 243 cm³/mol. The molecule has 7 atom stereocenters. The van der Waals surface area contributed by atoms with Crippen LogP contribution < -0.4 is 14.2 Å². The molecular formula is C50H66N4O9S. The van der Waals surface area contributed by atoms with Gasteiger partial charge < -0.3 is 24.0 Å². The number of nitrogens with zero attached hydrogens (tertiary/aromatic N) is 3. The number of hydrogen-bond acceptors (Lipinski definition) is 11. The predicted octanol–water partition coefficient (Wildman–Crippen LogP) is 7.46. The minimum atomic E-state index is -3.95. The number of pyridine rings is 1. The van der Waals surface area contributed by atoms with Crippen LogP contribution in [0.5, 0.6) is 11.6 Å². The first-order valence-corrected chi connectivity index (χ1v) is 25.8. The fourth-order valence-corrected chi connectivity index (χ4v) is 11.9. The number of carbonyl (C=O) groups is 4. The average Bonchev–Trinajstić information content (AvgIpc) is 4.24. The number of para-hydroxylation sites is 1. The lowest BCUT2D eigenvalue weighted by atomic mass is 9.90. The van der Waals surface area contributed by atoms with Crippen LogP contribution in [0, 0.1) is 23.2 Å². The second kappa shape index (κ2) is 18.9. The zero-order valence-electron chi connectivity index (χ0n) is 37.5. The fraction of sp³-hybridized carbons (Fsp3) is 0.660. The molecule has 7 aliphatic rings. The molecule has 0 spiro atoms. The normalized spacial score (nSPS) is 32.2. The summed E-state index contributed by atoms with van der Waals surface area (Å²) in [4.78, 5) is 66.6. The standard InChI is InChI=1S/C50H66N4O9S/c1-49(22-23-49)64(59,60)52-48(58)50-31-36(50)18-9-4-2-3-7-17-35-29-44(56)63-43-28-34(43)16-8-5-10-20-39-45(61-27-15-26-53-24-13-6-14-25-53)38-19-11-12-21-40(38)51-46(39)62-37-30-41(42(55)32-50)54(33-37)47(35)57/h9-12,18-21,34-37,41,43H,2-8,13-17,22-33H2,1H3,(H,52,58)/b18-9-,20-10+/t34-,35-,36-,37-,41+,43-,50-/m1/s1. The second-order valence-corrected chi connectivity index (χ2v) is 22.3. The molecule has 2 amide bonds. The Labute approximate surface area is 378 Å². The molecule has 2 aromatic rings. The van der Waals surface area contributed by atoms with Crippen LogP contribution >= 0.6 is 0 Å². The first-order valence-electron chi connectivity index (χ1n) is 24.3. The molecule has 0 unspecified atom stereocenters. The number of carbonyl (C=O) groups excluding carboxylic acids is 4. The quantitative estimate of drug-likeness (QED) is 0.159. The molecule has 1 aromatic heterocycles. The van der Waals surface area contributed by atoms with Crippen molar-refractivity contribution in [1.82, 2.24) is 19.5 Å². The highest BCUT2D eigenvalue weighted by atomic mass is 32.2. The number of likely N-dealkylation sites (tertiary alicyclic amines) is 1. The van der Waals surface area contributed by atoms with E-state index in [0.717, 1.165) is 82.8 Å². The number of sulfonamides is 1. The zero-order valence-corrected chi connectivity index (χ0v) is 38.3. The van der Waals surface area contributed by atoms with Crippen LogP contribution in [0.3, 0.4) is 0 Å². The van der Waals surface area contributed by atoms with Crippen molar-refractivity contribution >= 4 is 50.6 Å². The summed E-state index contributed by atoms with van der Waals surface area (Å²) in [5.74, 6) is -1.36. The molecule has 14 heteroatoms. The van der Waals surface area contributed by atoms with Crippen molar-refractivity contribution in [3.8, 4) is 11.6 Å². The van der Waals surface area contributed by atoms with E-state index in [1.54, 1.807) is 11.8 Å². The Morgan fingerprint density at radius 2 is 1.75 bits per heavy atom. The number of nitrogens with one attached hydrogen (secondary N) is 1. The third-order valence-corrected chi connectivity index (χ3v) is 17.3. The second-order valence-electron chi connectivity index (χ2n) is 20.1. The molecule has 2 saturated heterocycles. The summed E-state index contributed by atoms with van der Waals surface area (Å²) in [5, 5.41) is 0.874. The van der Waals surface area contributed by atoms with E-state index in [0.29, 0.717) is 55.0 Å². The summed E-state index contributed by atoms with van der Waals surface area (Å²) >= 11 is 0. The van der Waals surface area contributed by atoms with Gasteiger partial charge >= 0.3 is 5.97 Å². The van der Waals surface area contributed by atoms with Crippen molar-refractivity contribution in [3.05, 3.63) is 48.1 Å². The number of Topliss-reactive ketones (excluding diaryl/α,β-unsaturated/α-hetero) is 1. The van der Waals surface area contributed by atoms with Crippen LogP contribution in [0.1, 0.15) is 134 Å². The van der Waals surface area contributed by atoms with Gasteiger partial charge in [0.05, 0.1) is 46.9 Å². The monoisotopic (exact) mass is 898 g/mol. The molecule has 5 fully saturated rings. The van der Waals surface area contributed by atoms with Gasteiger partial charge in [0.2, 0.25) is 27.7 Å². The SMILES string of the molecule is CC1(S(=O)(=O)NC(=O)[C@]23CC(=O)[C@@H]4C[C@@H]5CN4C(=O)[C@H](CCCCC/C=C\[C@@H]2C3)CC(=O)O[C@@H]2C[C@H]2CCC/C=C/c2c(nc3ccccc3c2OCCCN2CCCCC2)O5)CC1. The Balaban J connectivity index is 1.05. The lowest BCUT2D eigenvalue weighted by Gasteiger charge is -2.29. The molecule has 64 heavy (non-hydrogen) atoms. The summed E-state index contributed by atoms with van der Waals surface area (Å²) in [6.45, 7) is 5.42. The molecule has 346 valence electrons. The molecule has 3 saturated carbocycles. The van der Waals surface area contributed by atoms with E-state index < -0.39 is 50.1 Å². The average molecular weight is 899 g/mol. The minimum Gasteiger partial charge on any atom is -0.492 e. The molecule has 4 aliphatic heterocycles. The number of amides is 2. The van der Waals surface area contributed by atoms with Crippen molar-refractivity contribution in [3.63, 3.8) is 0 Å². The maximum atomic E-state index is 14.9. The summed E-state index contributed by atoms with van der Waals surface area (Å²) in [6.07, 6.45) is 20.2. The van der Waals surface area contributed by atoms with Crippen LogP contribution in [-0.2, 0) is 33.9 Å². The Morgan fingerprint density at radius 3 is 2.58 bits per heavy atom. The van der Waals surface area contributed by atoms with Gasteiger partial charge in [0.25, 0.3) is 0 Å². The number of allylic oxidation sites excluding steroid dienone is 3. The maximum absolute atomic E-state index is 14.9. The smallest absolute Gasteiger partial charge is 0.306 e. The molecule has 3 aliphatic carbocycles. The van der Waals surface area contributed by atoms with Gasteiger partial charge in [-0.2, -0.15) is 0 Å². The van der Waals surface area contributed by atoms with E-state index >= 15 is 0 Å². The number of hydrogen-bond donors (Lipinski definition) is 1. The Morgan fingerprint density at radius 1 is 0.953 bits per heavy atom. The van der Waals surface area contributed by atoms with Crippen LogP contribution in [0.4, 0.5) is 0 Å². The highest BCUT2D eigenvalue weighted by Gasteiger charge is 2.62. The van der Waals surface area contributed by atoms with Gasteiger partial charge in [0.1, 0.15) is 18.0 Å². The number of aromatic nitrogens is 1. The molecule has 5 heterocycles. The number of ketones is 1. The number of fused-ring (bicyclic) bond motifs is 6. The van der Waals surface area contributed by atoms with Gasteiger partial charge in [-0.1, -0.05) is 49.6 Å². The van der Waals surface area contributed by atoms with Crippen molar-refractivity contribution in [2.75, 3.05) is 32.8 Å². The third-order valence-electron chi connectivity index (χ3n) is 15.2. The maximum Gasteiger partial charge on any atom is 0.306 e. The van der Waals surface area contributed by atoms with Crippen molar-refractivity contribution in [2.24, 2.45) is 23.2 Å². The van der Waals surface area contributed by atoms with Gasteiger partial charge in [0, 0.05) is 30.7 Å². The lowest BCUT2D eigenvalue weighted by molar-refractivity contribution is -0.151. The Bertz CT molecular complexity index is 2270. The lowest BCUT2D eigenvalue weighted by Crippen LogP contribution is -2.47. The summed E-state index contributed by atoms with van der Waals surface area (Å²) in [7, 11) is -3.95. The molecule has 3 bridgehead atoms. The number of ether oxygens (including phenoxy) is 3.